The second-order valence-corrected chi connectivity index (χ2v) is 4.64. The second kappa shape index (κ2) is 6.45. The minimum atomic E-state index is -0.629. The van der Waals surface area contributed by atoms with Crippen molar-refractivity contribution in [3.63, 3.8) is 0 Å². The minimum Gasteiger partial charge on any atom is -0.493 e. The molecule has 1 amide bonds. The van der Waals surface area contributed by atoms with E-state index in [9.17, 15) is 9.18 Å². The summed E-state index contributed by atoms with van der Waals surface area (Å²) in [6.45, 7) is -0.0152. The molecule has 4 nitrogen and oxygen atoms in total. The van der Waals surface area contributed by atoms with Gasteiger partial charge in [0.2, 0.25) is 5.91 Å². The van der Waals surface area contributed by atoms with E-state index in [4.69, 9.17) is 26.8 Å². The zero-order chi connectivity index (χ0) is 15.4. The summed E-state index contributed by atoms with van der Waals surface area (Å²) >= 11 is 6.06. The third kappa shape index (κ3) is 3.44. The highest BCUT2D eigenvalue weighted by atomic mass is 35.5. The zero-order valence-corrected chi connectivity index (χ0v) is 12.0. The number of methoxy groups -OCH3 is 1. The molecule has 0 heterocycles. The van der Waals surface area contributed by atoms with Crippen LogP contribution in [0.5, 0.6) is 11.5 Å². The maximum Gasteiger partial charge on any atom is 0.248 e. The predicted molar refractivity (Wildman–Crippen MR) is 77.3 cm³/mol. The summed E-state index contributed by atoms with van der Waals surface area (Å²) in [4.78, 5) is 11.2. The summed E-state index contributed by atoms with van der Waals surface area (Å²) < 4.78 is 24.2. The van der Waals surface area contributed by atoms with E-state index in [1.807, 2.05) is 0 Å². The summed E-state index contributed by atoms with van der Waals surface area (Å²) in [6.07, 6.45) is 0. The summed E-state index contributed by atoms with van der Waals surface area (Å²) in [5, 5.41) is 0.166. The van der Waals surface area contributed by atoms with Crippen LogP contribution in [-0.4, -0.2) is 13.0 Å². The highest BCUT2D eigenvalue weighted by molar-refractivity contribution is 6.32. The van der Waals surface area contributed by atoms with Crippen LogP contribution in [0.15, 0.2) is 36.4 Å². The Labute approximate surface area is 126 Å². The van der Waals surface area contributed by atoms with Gasteiger partial charge in [-0.05, 0) is 18.2 Å². The van der Waals surface area contributed by atoms with Crippen LogP contribution in [0.1, 0.15) is 15.9 Å². The van der Waals surface area contributed by atoms with E-state index in [1.165, 1.54) is 25.3 Å². The number of carbonyl (C=O) groups excluding carboxylic acids is 1. The van der Waals surface area contributed by atoms with Gasteiger partial charge in [-0.2, -0.15) is 0 Å². The number of primary amides is 1. The van der Waals surface area contributed by atoms with Crippen LogP contribution in [0.3, 0.4) is 0 Å². The fourth-order valence-electron chi connectivity index (χ4n) is 1.77. The summed E-state index contributed by atoms with van der Waals surface area (Å²) in [7, 11) is 1.41. The largest absolute Gasteiger partial charge is 0.493 e. The van der Waals surface area contributed by atoms with Gasteiger partial charge in [0.1, 0.15) is 12.4 Å². The van der Waals surface area contributed by atoms with Gasteiger partial charge in [-0.3, -0.25) is 4.79 Å². The molecule has 0 aliphatic heterocycles. The molecule has 2 rings (SSSR count). The molecule has 0 bridgehead atoms. The number of nitrogens with two attached hydrogens (primary N) is 1. The summed E-state index contributed by atoms with van der Waals surface area (Å²) in [6, 6.07) is 9.04. The molecule has 0 aliphatic carbocycles. The molecule has 0 unspecified atom stereocenters. The van der Waals surface area contributed by atoms with Crippen LogP contribution in [0.2, 0.25) is 5.02 Å². The van der Waals surface area contributed by atoms with E-state index in [1.54, 1.807) is 18.2 Å². The van der Waals surface area contributed by atoms with Gasteiger partial charge in [0.05, 0.1) is 12.1 Å². The van der Waals surface area contributed by atoms with Crippen molar-refractivity contribution < 1.29 is 18.7 Å². The van der Waals surface area contributed by atoms with Gasteiger partial charge < -0.3 is 15.2 Å². The Hall–Kier alpha value is -2.27. The first kappa shape index (κ1) is 15.1. The number of ether oxygens (including phenoxy) is 2. The lowest BCUT2D eigenvalue weighted by atomic mass is 10.2. The van der Waals surface area contributed by atoms with Crippen LogP contribution in [0.4, 0.5) is 4.39 Å². The maximum atomic E-state index is 13.5. The molecular weight excluding hydrogens is 297 g/mol. The topological polar surface area (TPSA) is 61.5 Å². The van der Waals surface area contributed by atoms with Crippen molar-refractivity contribution in [2.45, 2.75) is 6.61 Å². The Balaban J connectivity index is 2.28. The highest BCUT2D eigenvalue weighted by Gasteiger charge is 2.15. The van der Waals surface area contributed by atoms with Crippen molar-refractivity contribution in [2.75, 3.05) is 7.11 Å². The Kier molecular flexibility index (Phi) is 4.65. The first-order valence-electron chi connectivity index (χ1n) is 6.06. The molecule has 0 fully saturated rings. The van der Waals surface area contributed by atoms with Crippen LogP contribution < -0.4 is 15.2 Å². The lowest BCUT2D eigenvalue weighted by molar-refractivity contribution is 0.1000. The number of amides is 1. The van der Waals surface area contributed by atoms with Gasteiger partial charge in [0.15, 0.2) is 11.5 Å². The normalized spacial score (nSPS) is 10.2. The summed E-state index contributed by atoms with van der Waals surface area (Å²) in [5.74, 6) is -0.516. The fraction of sp³-hybridized carbons (Fsp3) is 0.133. The standard InChI is InChI=1S/C15H13ClFNO3/c1-20-13-7-10(15(18)19)6-11(16)14(13)21-8-9-4-2-3-5-12(9)17/h2-7H,8H2,1H3,(H2,18,19). The summed E-state index contributed by atoms with van der Waals surface area (Å²) in [5.41, 5.74) is 5.79. The van der Waals surface area contributed by atoms with Crippen LogP contribution in [0.25, 0.3) is 0 Å². The molecule has 2 aromatic rings. The Morgan fingerprint density at radius 1 is 1.33 bits per heavy atom. The first-order chi connectivity index (χ1) is 10.0. The molecule has 0 atom stereocenters. The fourth-order valence-corrected chi connectivity index (χ4v) is 2.03. The molecule has 2 aromatic carbocycles. The lowest BCUT2D eigenvalue weighted by Crippen LogP contribution is -2.11. The van der Waals surface area contributed by atoms with Crippen molar-refractivity contribution in [1.82, 2.24) is 0 Å². The molecule has 0 saturated heterocycles. The molecule has 0 radical (unpaired) electrons. The maximum absolute atomic E-state index is 13.5. The molecular formula is C15H13ClFNO3. The third-order valence-corrected chi connectivity index (χ3v) is 3.12. The zero-order valence-electron chi connectivity index (χ0n) is 11.2. The van der Waals surface area contributed by atoms with E-state index >= 15 is 0 Å². The predicted octanol–water partition coefficient (Wildman–Crippen LogP) is 3.17. The monoisotopic (exact) mass is 309 g/mol. The highest BCUT2D eigenvalue weighted by Crippen LogP contribution is 2.36. The van der Waals surface area contributed by atoms with E-state index in [2.05, 4.69) is 0 Å². The van der Waals surface area contributed by atoms with Crippen molar-refractivity contribution in [3.05, 3.63) is 58.4 Å². The van der Waals surface area contributed by atoms with Crippen LogP contribution >= 0.6 is 11.6 Å². The Bertz CT molecular complexity index is 676. The number of carbonyl (C=O) groups is 1. The van der Waals surface area contributed by atoms with Crippen LogP contribution in [-0.2, 0) is 6.61 Å². The van der Waals surface area contributed by atoms with Crippen molar-refractivity contribution in [1.29, 1.82) is 0 Å². The van der Waals surface area contributed by atoms with E-state index < -0.39 is 5.91 Å². The van der Waals surface area contributed by atoms with Crippen LogP contribution in [0, 0.1) is 5.82 Å². The average molecular weight is 310 g/mol. The SMILES string of the molecule is COc1cc(C(N)=O)cc(Cl)c1OCc1ccccc1F. The molecule has 6 heteroatoms. The Morgan fingerprint density at radius 3 is 2.67 bits per heavy atom. The quantitative estimate of drug-likeness (QED) is 0.922. The van der Waals surface area contributed by atoms with Gasteiger partial charge in [0, 0.05) is 11.1 Å². The lowest BCUT2D eigenvalue weighted by Gasteiger charge is -2.13. The van der Waals surface area contributed by atoms with E-state index in [0.717, 1.165) is 0 Å². The smallest absolute Gasteiger partial charge is 0.248 e. The number of rotatable bonds is 5. The van der Waals surface area contributed by atoms with Crippen molar-refractivity contribution in [3.8, 4) is 11.5 Å². The molecule has 0 spiro atoms. The molecule has 110 valence electrons. The second-order valence-electron chi connectivity index (χ2n) is 4.23. The van der Waals surface area contributed by atoms with E-state index in [0.29, 0.717) is 5.56 Å². The number of halogens is 2. The van der Waals surface area contributed by atoms with E-state index in [-0.39, 0.29) is 34.5 Å². The van der Waals surface area contributed by atoms with Gasteiger partial charge in [-0.1, -0.05) is 29.8 Å². The number of benzene rings is 2. The van der Waals surface area contributed by atoms with Gasteiger partial charge in [-0.25, -0.2) is 4.39 Å². The third-order valence-electron chi connectivity index (χ3n) is 2.84. The van der Waals surface area contributed by atoms with Gasteiger partial charge >= 0.3 is 0 Å². The average Bonchev–Trinajstić information content (AvgIpc) is 2.46. The first-order valence-corrected chi connectivity index (χ1v) is 6.44. The van der Waals surface area contributed by atoms with Gasteiger partial charge in [0.25, 0.3) is 0 Å². The van der Waals surface area contributed by atoms with Crippen molar-refractivity contribution >= 4 is 17.5 Å². The van der Waals surface area contributed by atoms with Crippen molar-refractivity contribution in [2.24, 2.45) is 5.73 Å². The molecule has 0 aliphatic rings. The molecule has 0 saturated carbocycles. The Morgan fingerprint density at radius 2 is 2.05 bits per heavy atom. The molecule has 0 aromatic heterocycles. The number of hydrogen-bond acceptors (Lipinski definition) is 3. The minimum absolute atomic E-state index is 0.0152. The molecule has 21 heavy (non-hydrogen) atoms. The van der Waals surface area contributed by atoms with Gasteiger partial charge in [-0.15, -0.1) is 0 Å². The molecule has 2 N–H and O–H groups in total. The number of hydrogen-bond donors (Lipinski definition) is 1.